The zero-order valence-corrected chi connectivity index (χ0v) is 6.48. The van der Waals surface area contributed by atoms with Crippen LogP contribution >= 0.6 is 16.2 Å². The van der Waals surface area contributed by atoms with Gasteiger partial charge in [-0.05, 0) is 0 Å². The van der Waals surface area contributed by atoms with E-state index in [1.165, 1.54) is 0 Å². The first kappa shape index (κ1) is 22.7. The van der Waals surface area contributed by atoms with E-state index in [1.54, 1.807) is 0 Å². The van der Waals surface area contributed by atoms with E-state index in [2.05, 4.69) is 0 Å². The SMILES string of the molecule is Cl.[CaH2].[Cl][K].[NaH]. The van der Waals surface area contributed by atoms with Crippen molar-refractivity contribution in [2.75, 3.05) is 0 Å². The summed E-state index contributed by atoms with van der Waals surface area (Å²) in [7, 11) is 0. The quantitative estimate of drug-likeness (QED) is 0.423. The molecule has 22 valence electrons. The van der Waals surface area contributed by atoms with Gasteiger partial charge in [0.15, 0.2) is 0 Å². The second-order valence-electron chi connectivity index (χ2n) is 0. The van der Waals surface area contributed by atoms with Crippen molar-refractivity contribution < 1.29 is 0 Å². The number of halogens is 2. The molecule has 0 N–H and O–H groups in total. The Hall–Kier alpha value is 4.48. The zero-order chi connectivity index (χ0) is 2.00. The predicted molar refractivity (Wildman–Crippen MR) is 34.5 cm³/mol. The van der Waals surface area contributed by atoms with Gasteiger partial charge in [0, 0.05) is 0 Å². The molecule has 0 aromatic heterocycles. The fraction of sp³-hybridized carbons (Fsp3) is 0. The Morgan fingerprint density at radius 1 is 1.20 bits per heavy atom. The Morgan fingerprint density at radius 3 is 1.20 bits per heavy atom. The summed E-state index contributed by atoms with van der Waals surface area (Å²) in [4.78, 5) is 0. The molecule has 5 heavy (non-hydrogen) atoms. The Kier molecular flexibility index (Phi) is 107. The average molecular weight is 177 g/mol. The van der Waals surface area contributed by atoms with Crippen LogP contribution in [0.2, 0.25) is 0 Å². The molecule has 0 bridgehead atoms. The van der Waals surface area contributed by atoms with E-state index in [-0.39, 0.29) is 79.7 Å². The van der Waals surface area contributed by atoms with E-state index in [0.717, 1.165) is 0 Å². The Bertz CT molecular complexity index is 9.61. The average Bonchev–Trinajstić information content (AvgIpc) is 1.00. The summed E-state index contributed by atoms with van der Waals surface area (Å²) in [5, 5.41) is 0. The molecule has 0 aliphatic heterocycles. The summed E-state index contributed by atoms with van der Waals surface area (Å²) >= 11 is 0.535. The molecule has 0 saturated heterocycles. The van der Waals surface area contributed by atoms with Crippen LogP contribution < -0.4 is 0 Å². The Labute approximate surface area is 126 Å². The van der Waals surface area contributed by atoms with Crippen molar-refractivity contribution in [3.05, 3.63) is 0 Å². The number of hydrogen-bond donors (Lipinski definition) is 0. The molecule has 0 fully saturated rings. The van der Waals surface area contributed by atoms with Gasteiger partial charge < -0.3 is 0 Å². The van der Waals surface area contributed by atoms with Crippen LogP contribution in [0.5, 0.6) is 0 Å². The van der Waals surface area contributed by atoms with Gasteiger partial charge in [-0.25, -0.2) is 0 Å². The monoisotopic (exact) mass is 176 g/mol. The van der Waals surface area contributed by atoms with Crippen molar-refractivity contribution >= 4 is 131 Å². The van der Waals surface area contributed by atoms with Crippen LogP contribution in [-0.2, 0) is 0 Å². The molecule has 0 heterocycles. The number of hydrogen-bond acceptors (Lipinski definition) is 0. The maximum absolute atomic E-state index is 4.83. The van der Waals surface area contributed by atoms with Crippen LogP contribution in [0.1, 0.15) is 0 Å². The van der Waals surface area contributed by atoms with Gasteiger partial charge in [-0.2, -0.15) is 0 Å². The van der Waals surface area contributed by atoms with Gasteiger partial charge in [0.25, 0.3) is 0 Å². The molecule has 0 aliphatic rings. The first-order valence-electron chi connectivity index (χ1n) is 0.378. The third kappa shape index (κ3) is 17.7. The molecule has 0 rings (SSSR count). The first-order chi connectivity index (χ1) is 1.00. The van der Waals surface area contributed by atoms with Gasteiger partial charge in [0.05, 0.1) is 0 Å². The Balaban J connectivity index is -0.00000000167. The van der Waals surface area contributed by atoms with Crippen molar-refractivity contribution in [2.24, 2.45) is 0 Å². The molecule has 0 saturated carbocycles. The normalized spacial score (nSPS) is 1.40. The molecular weight excluding hydrogens is 173 g/mol. The molecule has 0 aliphatic carbocycles. The van der Waals surface area contributed by atoms with Crippen molar-refractivity contribution in [3.8, 4) is 0 Å². The first-order valence-corrected chi connectivity index (χ1v) is 4.68. The fourth-order valence-corrected chi connectivity index (χ4v) is 0. The summed E-state index contributed by atoms with van der Waals surface area (Å²) in [6.07, 6.45) is 0. The summed E-state index contributed by atoms with van der Waals surface area (Å²) < 4.78 is 4.83. The number of rotatable bonds is 0. The second-order valence-corrected chi connectivity index (χ2v) is 0. The van der Waals surface area contributed by atoms with E-state index in [1.807, 2.05) is 0 Å². The van der Waals surface area contributed by atoms with Crippen molar-refractivity contribution in [2.45, 2.75) is 0 Å². The molecule has 0 nitrogen and oxygen atoms in total. The van der Waals surface area contributed by atoms with Crippen molar-refractivity contribution in [3.63, 3.8) is 0 Å². The molecule has 0 radical (unpaired) electrons. The third-order valence-corrected chi connectivity index (χ3v) is 0. The standard InChI is InChI=1S/Ca.2ClH.K.Na.3H/h;2*1H;;;;;/q;;;+1;;;;/p-1. The van der Waals surface area contributed by atoms with Crippen LogP contribution in [0.4, 0.5) is 0 Å². The maximum atomic E-state index is 4.83. The van der Waals surface area contributed by atoms with E-state index < -0.39 is 0 Å². The third-order valence-electron chi connectivity index (χ3n) is 0. The molecular formula is H4CaCl2KNa. The van der Waals surface area contributed by atoms with Gasteiger partial charge in [-0.3, -0.25) is 0 Å². The molecule has 0 unspecified atom stereocenters. The summed E-state index contributed by atoms with van der Waals surface area (Å²) in [6, 6.07) is 0. The van der Waals surface area contributed by atoms with E-state index in [9.17, 15) is 0 Å². The second kappa shape index (κ2) is 23.6. The minimum atomic E-state index is 0. The van der Waals surface area contributed by atoms with Gasteiger partial charge in [0.2, 0.25) is 0 Å². The van der Waals surface area contributed by atoms with Gasteiger partial charge in [0.1, 0.15) is 0 Å². The van der Waals surface area contributed by atoms with E-state index in [4.69, 9.17) is 3.76 Å². The molecule has 0 aromatic rings. The van der Waals surface area contributed by atoms with Crippen LogP contribution in [0.3, 0.4) is 0 Å². The summed E-state index contributed by atoms with van der Waals surface area (Å²) in [5.74, 6) is 0. The van der Waals surface area contributed by atoms with Crippen LogP contribution in [0.15, 0.2) is 0 Å². The van der Waals surface area contributed by atoms with Gasteiger partial charge in [-0.1, -0.05) is 0 Å². The minimum absolute atomic E-state index is 0. The Morgan fingerprint density at radius 2 is 1.20 bits per heavy atom. The topological polar surface area (TPSA) is 0 Å². The van der Waals surface area contributed by atoms with E-state index in [0.29, 0.717) is 47.1 Å². The molecule has 0 amide bonds. The molecule has 5 heteroatoms. The van der Waals surface area contributed by atoms with Crippen molar-refractivity contribution in [1.29, 1.82) is 0 Å². The van der Waals surface area contributed by atoms with Crippen molar-refractivity contribution in [1.82, 2.24) is 0 Å². The van der Waals surface area contributed by atoms with Crippen LogP contribution in [0.25, 0.3) is 0 Å². The van der Waals surface area contributed by atoms with Gasteiger partial charge in [-0.15, -0.1) is 12.4 Å². The molecule has 0 atom stereocenters. The van der Waals surface area contributed by atoms with E-state index >= 15 is 0 Å². The zero-order valence-electron chi connectivity index (χ0n) is 1.79. The van der Waals surface area contributed by atoms with Gasteiger partial charge >= 0.3 is 118 Å². The molecule has 0 aromatic carbocycles. The fourth-order valence-electron chi connectivity index (χ4n) is 0. The van der Waals surface area contributed by atoms with Crippen LogP contribution in [-0.4, -0.2) is 114 Å². The summed E-state index contributed by atoms with van der Waals surface area (Å²) in [5.41, 5.74) is 0. The molecule has 0 spiro atoms. The summed E-state index contributed by atoms with van der Waals surface area (Å²) in [6.45, 7) is 0. The van der Waals surface area contributed by atoms with Crippen LogP contribution in [0, 0.1) is 0 Å². The predicted octanol–water partition coefficient (Wildman–Crippen LogP) is -0.834.